The zero-order valence-corrected chi connectivity index (χ0v) is 29.1. The Labute approximate surface area is 304 Å². The number of fused-ring (bicyclic) bond motifs is 13. The lowest BCUT2D eigenvalue weighted by Crippen LogP contribution is -2.25. The smallest absolute Gasteiger partial charge is 0.160 e. The van der Waals surface area contributed by atoms with Crippen LogP contribution in [0.1, 0.15) is 47.2 Å². The number of hydrogen-bond acceptors (Lipinski definition) is 2. The lowest BCUT2D eigenvalue weighted by Gasteiger charge is -2.30. The van der Waals surface area contributed by atoms with Gasteiger partial charge in [0.05, 0.1) is 16.8 Å². The number of nitrogens with zero attached hydrogens (tertiary/aromatic N) is 2. The molecule has 0 radical (unpaired) electrons. The molecule has 3 aliphatic carbocycles. The Morgan fingerprint density at radius 3 is 1.54 bits per heavy atom. The van der Waals surface area contributed by atoms with E-state index in [-0.39, 0.29) is 5.41 Å². The van der Waals surface area contributed by atoms with Gasteiger partial charge < -0.3 is 0 Å². The summed E-state index contributed by atoms with van der Waals surface area (Å²) < 4.78 is 0. The fraction of sp³-hybridized carbons (Fsp3) is 0.0800. The fourth-order valence-electron chi connectivity index (χ4n) is 9.67. The second-order valence-corrected chi connectivity index (χ2v) is 14.9. The van der Waals surface area contributed by atoms with Crippen LogP contribution in [0.2, 0.25) is 0 Å². The molecule has 0 aliphatic heterocycles. The van der Waals surface area contributed by atoms with Crippen molar-refractivity contribution in [1.82, 2.24) is 9.97 Å². The molecule has 7 aromatic carbocycles. The highest BCUT2D eigenvalue weighted by Gasteiger charge is 2.52. The van der Waals surface area contributed by atoms with E-state index in [1.165, 1.54) is 66.8 Å². The van der Waals surface area contributed by atoms with Crippen LogP contribution in [0.15, 0.2) is 170 Å². The van der Waals surface area contributed by atoms with Crippen molar-refractivity contribution >= 4 is 0 Å². The molecule has 3 aliphatic rings. The molecule has 0 fully saturated rings. The second kappa shape index (κ2) is 10.6. The van der Waals surface area contributed by atoms with Gasteiger partial charge in [-0.2, -0.15) is 0 Å². The van der Waals surface area contributed by atoms with Crippen LogP contribution in [0.3, 0.4) is 0 Å². The van der Waals surface area contributed by atoms with E-state index in [2.05, 4.69) is 178 Å². The van der Waals surface area contributed by atoms with Crippen LogP contribution < -0.4 is 0 Å². The normalized spacial score (nSPS) is 14.7. The van der Waals surface area contributed by atoms with Gasteiger partial charge in [0.2, 0.25) is 0 Å². The average molecular weight is 663 g/mol. The molecule has 0 amide bonds. The summed E-state index contributed by atoms with van der Waals surface area (Å²) in [7, 11) is 0. The molecule has 0 atom stereocenters. The van der Waals surface area contributed by atoms with E-state index < -0.39 is 5.41 Å². The van der Waals surface area contributed by atoms with Crippen LogP contribution in [0.4, 0.5) is 0 Å². The van der Waals surface area contributed by atoms with Crippen molar-refractivity contribution in [3.8, 4) is 67.3 Å². The van der Waals surface area contributed by atoms with Crippen LogP contribution in [0.5, 0.6) is 0 Å². The van der Waals surface area contributed by atoms with Gasteiger partial charge in [-0.15, -0.1) is 0 Å². The second-order valence-electron chi connectivity index (χ2n) is 14.9. The van der Waals surface area contributed by atoms with Gasteiger partial charge in [0.15, 0.2) is 5.82 Å². The minimum Gasteiger partial charge on any atom is -0.228 e. The fourth-order valence-corrected chi connectivity index (χ4v) is 9.67. The molecule has 0 N–H and O–H groups in total. The van der Waals surface area contributed by atoms with Crippen LogP contribution in [0.25, 0.3) is 67.3 Å². The van der Waals surface area contributed by atoms with Crippen LogP contribution in [-0.4, -0.2) is 9.97 Å². The summed E-state index contributed by atoms with van der Waals surface area (Å²) in [5.74, 6) is 0.728. The largest absolute Gasteiger partial charge is 0.228 e. The van der Waals surface area contributed by atoms with E-state index in [1.807, 2.05) is 6.07 Å². The maximum atomic E-state index is 5.38. The van der Waals surface area contributed by atoms with Crippen molar-refractivity contribution in [3.05, 3.63) is 203 Å². The van der Waals surface area contributed by atoms with Gasteiger partial charge in [-0.3, -0.25) is 0 Å². The molecular formula is C50H34N2. The highest BCUT2D eigenvalue weighted by atomic mass is 14.9. The first-order valence-corrected chi connectivity index (χ1v) is 18.2. The summed E-state index contributed by atoms with van der Waals surface area (Å²) in [5.41, 5.74) is 20.4. The molecule has 2 nitrogen and oxygen atoms in total. The first-order chi connectivity index (χ1) is 25.5. The monoisotopic (exact) mass is 662 g/mol. The van der Waals surface area contributed by atoms with E-state index in [1.54, 1.807) is 0 Å². The molecule has 2 heteroatoms. The quantitative estimate of drug-likeness (QED) is 0.188. The molecule has 52 heavy (non-hydrogen) atoms. The van der Waals surface area contributed by atoms with Gasteiger partial charge in [-0.1, -0.05) is 172 Å². The Morgan fingerprint density at radius 1 is 0.346 bits per heavy atom. The van der Waals surface area contributed by atoms with E-state index in [9.17, 15) is 0 Å². The SMILES string of the molecule is CC1(C)c2ccccc2-c2ccc(-c3cc(-c4cccc5c4-c4ccccc4C54c5ccccc5-c5ccccc54)nc(-c4ccccc4)n3)cc21. The van der Waals surface area contributed by atoms with E-state index in [4.69, 9.17) is 9.97 Å². The van der Waals surface area contributed by atoms with E-state index in [0.717, 1.165) is 33.9 Å². The summed E-state index contributed by atoms with van der Waals surface area (Å²) in [4.78, 5) is 10.7. The van der Waals surface area contributed by atoms with E-state index in [0.29, 0.717) is 0 Å². The minimum absolute atomic E-state index is 0.105. The summed E-state index contributed by atoms with van der Waals surface area (Å²) in [6.45, 7) is 4.67. The van der Waals surface area contributed by atoms with Crippen molar-refractivity contribution in [1.29, 1.82) is 0 Å². The number of hydrogen-bond donors (Lipinski definition) is 0. The lowest BCUT2D eigenvalue weighted by molar-refractivity contribution is 0.660. The summed E-state index contributed by atoms with van der Waals surface area (Å²) in [6.07, 6.45) is 0. The molecular weight excluding hydrogens is 629 g/mol. The molecule has 244 valence electrons. The zero-order chi connectivity index (χ0) is 34.6. The van der Waals surface area contributed by atoms with E-state index >= 15 is 0 Å². The maximum Gasteiger partial charge on any atom is 0.160 e. The third kappa shape index (κ3) is 3.79. The van der Waals surface area contributed by atoms with Gasteiger partial charge in [0, 0.05) is 22.1 Å². The van der Waals surface area contributed by atoms with Crippen LogP contribution >= 0.6 is 0 Å². The highest BCUT2D eigenvalue weighted by Crippen LogP contribution is 2.64. The number of aromatic nitrogens is 2. The maximum absolute atomic E-state index is 5.38. The minimum atomic E-state index is -0.409. The number of rotatable bonds is 3. The van der Waals surface area contributed by atoms with Crippen LogP contribution in [0, 0.1) is 0 Å². The lowest BCUT2D eigenvalue weighted by atomic mass is 9.70. The Bertz CT molecular complexity index is 2730. The highest BCUT2D eigenvalue weighted by molar-refractivity contribution is 6.00. The molecule has 1 spiro atoms. The Kier molecular flexibility index (Phi) is 5.97. The summed E-state index contributed by atoms with van der Waals surface area (Å²) in [6, 6.07) is 62.1. The van der Waals surface area contributed by atoms with Crippen molar-refractivity contribution in [2.24, 2.45) is 0 Å². The average Bonchev–Trinajstić information content (AvgIpc) is 3.77. The molecule has 0 unspecified atom stereocenters. The summed E-state index contributed by atoms with van der Waals surface area (Å²) >= 11 is 0. The molecule has 8 aromatic rings. The van der Waals surface area contributed by atoms with Gasteiger partial charge in [-0.25, -0.2) is 9.97 Å². The number of benzene rings is 7. The molecule has 11 rings (SSSR count). The Hall–Kier alpha value is -6.38. The molecule has 0 saturated carbocycles. The Morgan fingerprint density at radius 2 is 0.846 bits per heavy atom. The third-order valence-corrected chi connectivity index (χ3v) is 11.9. The van der Waals surface area contributed by atoms with Gasteiger partial charge in [-0.05, 0) is 78.9 Å². The standard InChI is InChI=1S/C50H34N2/c1-49(2)39-22-10-6-17-33(39)36-28-27-32(29-44(36)49)45-30-46(52-48(51-45)31-15-4-3-5-16-31)38-21-14-26-43-47(38)37-20-9-13-25-42(37)50(43)40-23-11-7-18-34(40)35-19-8-12-24-41(35)50/h3-30H,1-2H3. The first kappa shape index (κ1) is 29.4. The van der Waals surface area contributed by atoms with Crippen LogP contribution in [-0.2, 0) is 10.8 Å². The van der Waals surface area contributed by atoms with Crippen molar-refractivity contribution in [3.63, 3.8) is 0 Å². The zero-order valence-electron chi connectivity index (χ0n) is 29.1. The van der Waals surface area contributed by atoms with Gasteiger partial charge >= 0.3 is 0 Å². The summed E-state index contributed by atoms with van der Waals surface area (Å²) in [5, 5.41) is 0. The molecule has 0 bridgehead atoms. The topological polar surface area (TPSA) is 25.8 Å². The van der Waals surface area contributed by atoms with Crippen molar-refractivity contribution < 1.29 is 0 Å². The third-order valence-electron chi connectivity index (χ3n) is 11.9. The van der Waals surface area contributed by atoms with Gasteiger partial charge in [0.25, 0.3) is 0 Å². The van der Waals surface area contributed by atoms with Gasteiger partial charge in [0.1, 0.15) is 0 Å². The van der Waals surface area contributed by atoms with Crippen molar-refractivity contribution in [2.75, 3.05) is 0 Å². The predicted octanol–water partition coefficient (Wildman–Crippen LogP) is 12.1. The molecule has 1 aromatic heterocycles. The first-order valence-electron chi connectivity index (χ1n) is 18.2. The molecule has 0 saturated heterocycles. The molecule has 1 heterocycles. The Balaban J connectivity index is 1.17. The predicted molar refractivity (Wildman–Crippen MR) is 212 cm³/mol. The van der Waals surface area contributed by atoms with Crippen molar-refractivity contribution in [2.45, 2.75) is 24.7 Å².